The average molecular weight is 375 g/mol. The molecule has 0 saturated heterocycles. The van der Waals surface area contributed by atoms with E-state index in [4.69, 9.17) is 16.3 Å². The highest BCUT2D eigenvalue weighted by Crippen LogP contribution is 2.36. The van der Waals surface area contributed by atoms with E-state index in [-0.39, 0.29) is 10.7 Å². The van der Waals surface area contributed by atoms with Crippen LogP contribution >= 0.6 is 11.6 Å². The van der Waals surface area contributed by atoms with E-state index < -0.39 is 35.4 Å². The average Bonchev–Trinajstić information content (AvgIpc) is 2.94. The minimum absolute atomic E-state index is 0.117. The van der Waals surface area contributed by atoms with Crippen LogP contribution in [0.3, 0.4) is 0 Å². The van der Waals surface area contributed by atoms with Crippen molar-refractivity contribution < 1.29 is 27.5 Å². The second-order valence-electron chi connectivity index (χ2n) is 5.23. The minimum atomic E-state index is -4.70. The Kier molecular flexibility index (Phi) is 5.42. The molecule has 1 amide bonds. The number of alkyl halides is 3. The van der Waals surface area contributed by atoms with E-state index in [2.05, 4.69) is 5.32 Å². The van der Waals surface area contributed by atoms with E-state index in [9.17, 15) is 22.8 Å². The van der Waals surface area contributed by atoms with E-state index in [0.717, 1.165) is 6.07 Å². The van der Waals surface area contributed by atoms with Crippen LogP contribution in [-0.4, -0.2) is 22.5 Å². The molecule has 0 spiro atoms. The number of amides is 1. The van der Waals surface area contributed by atoms with Gasteiger partial charge in [-0.2, -0.15) is 13.2 Å². The zero-order valence-electron chi connectivity index (χ0n) is 13.2. The number of aromatic nitrogens is 1. The molecular formula is C16H14ClF3N2O3. The molecule has 2 rings (SSSR count). The van der Waals surface area contributed by atoms with Gasteiger partial charge in [0.2, 0.25) is 0 Å². The van der Waals surface area contributed by atoms with Gasteiger partial charge in [-0.15, -0.1) is 0 Å². The van der Waals surface area contributed by atoms with Crippen molar-refractivity contribution in [2.75, 3.05) is 5.32 Å². The first kappa shape index (κ1) is 18.9. The SMILES string of the molecule is C[C@@H](OC(=O)c1cccn1C)C(=O)Nc1ccc(Cl)cc1C(F)(F)F. The van der Waals surface area contributed by atoms with Gasteiger partial charge in [0.15, 0.2) is 6.10 Å². The number of halogens is 4. The molecule has 1 aromatic heterocycles. The van der Waals surface area contributed by atoms with Crippen molar-refractivity contribution in [1.29, 1.82) is 0 Å². The minimum Gasteiger partial charge on any atom is -0.448 e. The van der Waals surface area contributed by atoms with Crippen LogP contribution in [0.15, 0.2) is 36.5 Å². The van der Waals surface area contributed by atoms with Gasteiger partial charge in [-0.1, -0.05) is 11.6 Å². The predicted molar refractivity (Wildman–Crippen MR) is 85.4 cm³/mol. The number of anilines is 1. The number of aryl methyl sites for hydroxylation is 1. The maximum atomic E-state index is 13.0. The summed E-state index contributed by atoms with van der Waals surface area (Å²) in [7, 11) is 1.62. The lowest BCUT2D eigenvalue weighted by Gasteiger charge is -2.17. The molecule has 1 aromatic carbocycles. The zero-order chi connectivity index (χ0) is 18.8. The van der Waals surface area contributed by atoms with Crippen molar-refractivity contribution in [3.8, 4) is 0 Å². The Morgan fingerprint density at radius 3 is 2.52 bits per heavy atom. The van der Waals surface area contributed by atoms with E-state index in [0.29, 0.717) is 6.07 Å². The first-order valence-electron chi connectivity index (χ1n) is 7.09. The van der Waals surface area contributed by atoms with Gasteiger partial charge >= 0.3 is 12.1 Å². The lowest BCUT2D eigenvalue weighted by atomic mass is 10.1. The third-order valence-electron chi connectivity index (χ3n) is 3.35. The number of hydrogen-bond donors (Lipinski definition) is 1. The predicted octanol–water partition coefficient (Wildman–Crippen LogP) is 3.88. The van der Waals surface area contributed by atoms with Gasteiger partial charge < -0.3 is 14.6 Å². The van der Waals surface area contributed by atoms with E-state index in [1.807, 2.05) is 0 Å². The molecule has 0 fully saturated rings. The van der Waals surface area contributed by atoms with Crippen molar-refractivity contribution >= 4 is 29.2 Å². The standard InChI is InChI=1S/C16H14ClF3N2O3/c1-9(25-15(24)13-4-3-7-22(13)2)14(23)21-12-6-5-10(17)8-11(12)16(18,19)20/h3-9H,1-2H3,(H,21,23)/t9-/m1/s1. The Bertz CT molecular complexity index is 802. The first-order chi connectivity index (χ1) is 11.6. The second kappa shape index (κ2) is 7.18. The largest absolute Gasteiger partial charge is 0.448 e. The van der Waals surface area contributed by atoms with Crippen LogP contribution in [0.4, 0.5) is 18.9 Å². The van der Waals surface area contributed by atoms with Gasteiger partial charge in [0.1, 0.15) is 5.69 Å². The van der Waals surface area contributed by atoms with Gasteiger partial charge in [-0.05, 0) is 37.3 Å². The maximum absolute atomic E-state index is 13.0. The Morgan fingerprint density at radius 1 is 1.28 bits per heavy atom. The van der Waals surface area contributed by atoms with E-state index in [1.165, 1.54) is 23.6 Å². The molecule has 134 valence electrons. The Labute approximate surface area is 146 Å². The number of esters is 1. The van der Waals surface area contributed by atoms with Gasteiger partial charge in [0.05, 0.1) is 11.3 Å². The number of hydrogen-bond acceptors (Lipinski definition) is 3. The van der Waals surface area contributed by atoms with Gasteiger partial charge in [-0.3, -0.25) is 4.79 Å². The lowest BCUT2D eigenvalue weighted by molar-refractivity contribution is -0.137. The van der Waals surface area contributed by atoms with Crippen LogP contribution in [0.1, 0.15) is 23.0 Å². The molecule has 9 heteroatoms. The number of carbonyl (C=O) groups excluding carboxylic acids is 2. The molecule has 25 heavy (non-hydrogen) atoms. The molecule has 1 atom stereocenters. The molecule has 0 aliphatic rings. The third kappa shape index (κ3) is 4.54. The van der Waals surface area contributed by atoms with Crippen LogP contribution < -0.4 is 5.32 Å². The molecule has 0 radical (unpaired) electrons. The van der Waals surface area contributed by atoms with Crippen LogP contribution in [0.2, 0.25) is 5.02 Å². The molecule has 0 bridgehead atoms. The lowest BCUT2D eigenvalue weighted by Crippen LogP contribution is -2.31. The monoisotopic (exact) mass is 374 g/mol. The summed E-state index contributed by atoms with van der Waals surface area (Å²) < 4.78 is 45.5. The van der Waals surface area contributed by atoms with Gasteiger partial charge in [-0.25, -0.2) is 4.79 Å². The fourth-order valence-electron chi connectivity index (χ4n) is 2.04. The van der Waals surface area contributed by atoms with Crippen LogP contribution in [0.5, 0.6) is 0 Å². The van der Waals surface area contributed by atoms with E-state index >= 15 is 0 Å². The van der Waals surface area contributed by atoms with Gasteiger partial charge in [0, 0.05) is 18.3 Å². The highest BCUT2D eigenvalue weighted by atomic mass is 35.5. The smallest absolute Gasteiger partial charge is 0.418 e. The number of nitrogens with zero attached hydrogens (tertiary/aromatic N) is 1. The van der Waals surface area contributed by atoms with Crippen molar-refractivity contribution in [3.05, 3.63) is 52.8 Å². The molecule has 0 aliphatic heterocycles. The maximum Gasteiger partial charge on any atom is 0.418 e. The number of carbonyl (C=O) groups is 2. The molecule has 0 saturated carbocycles. The summed E-state index contributed by atoms with van der Waals surface area (Å²) in [6, 6.07) is 6.07. The van der Waals surface area contributed by atoms with Crippen LogP contribution in [0, 0.1) is 0 Å². The molecular weight excluding hydrogens is 361 g/mol. The Balaban J connectivity index is 2.12. The van der Waals surface area contributed by atoms with Gasteiger partial charge in [0.25, 0.3) is 5.91 Å². The normalized spacial score (nSPS) is 12.6. The quantitative estimate of drug-likeness (QED) is 0.826. The summed E-state index contributed by atoms with van der Waals surface area (Å²) in [5.74, 6) is -1.65. The third-order valence-corrected chi connectivity index (χ3v) is 3.59. The second-order valence-corrected chi connectivity index (χ2v) is 5.67. The molecule has 5 nitrogen and oxygen atoms in total. The summed E-state index contributed by atoms with van der Waals surface area (Å²) in [5.41, 5.74) is -1.35. The first-order valence-corrected chi connectivity index (χ1v) is 7.47. The molecule has 1 N–H and O–H groups in total. The van der Waals surface area contributed by atoms with Crippen molar-refractivity contribution in [2.24, 2.45) is 7.05 Å². The van der Waals surface area contributed by atoms with E-state index in [1.54, 1.807) is 19.3 Å². The highest BCUT2D eigenvalue weighted by Gasteiger charge is 2.34. The molecule has 0 unspecified atom stereocenters. The molecule has 2 aromatic rings. The zero-order valence-corrected chi connectivity index (χ0v) is 14.0. The fraction of sp³-hybridized carbons (Fsp3) is 0.250. The summed E-state index contributed by atoms with van der Waals surface area (Å²) in [6.07, 6.45) is -4.37. The Morgan fingerprint density at radius 2 is 1.96 bits per heavy atom. The fourth-order valence-corrected chi connectivity index (χ4v) is 2.21. The number of ether oxygens (including phenoxy) is 1. The summed E-state index contributed by atoms with van der Waals surface area (Å²) in [6.45, 7) is 1.26. The summed E-state index contributed by atoms with van der Waals surface area (Å²) >= 11 is 5.58. The van der Waals surface area contributed by atoms with Crippen molar-refractivity contribution in [3.63, 3.8) is 0 Å². The van der Waals surface area contributed by atoms with Crippen LogP contribution in [0.25, 0.3) is 0 Å². The molecule has 1 heterocycles. The van der Waals surface area contributed by atoms with Crippen molar-refractivity contribution in [2.45, 2.75) is 19.2 Å². The number of nitrogens with one attached hydrogen (secondary N) is 1. The van der Waals surface area contributed by atoms with Crippen molar-refractivity contribution in [1.82, 2.24) is 4.57 Å². The number of rotatable bonds is 4. The Hall–Kier alpha value is -2.48. The number of benzene rings is 1. The summed E-state index contributed by atoms with van der Waals surface area (Å²) in [4.78, 5) is 24.0. The topological polar surface area (TPSA) is 60.3 Å². The summed E-state index contributed by atoms with van der Waals surface area (Å²) in [5, 5.41) is 1.99. The molecule has 0 aliphatic carbocycles. The highest BCUT2D eigenvalue weighted by molar-refractivity contribution is 6.30. The van der Waals surface area contributed by atoms with Crippen LogP contribution in [-0.2, 0) is 22.8 Å².